The lowest BCUT2D eigenvalue weighted by Crippen LogP contribution is -2.22. The van der Waals surface area contributed by atoms with Gasteiger partial charge < -0.3 is 5.32 Å². The highest BCUT2D eigenvalue weighted by Crippen LogP contribution is 2.09. The normalized spacial score (nSPS) is 11.5. The summed E-state index contributed by atoms with van der Waals surface area (Å²) in [4.78, 5) is 2.44. The Hall–Kier alpha value is -0.860. The Morgan fingerprint density at radius 3 is 1.95 bits per heavy atom. The van der Waals surface area contributed by atoms with Crippen molar-refractivity contribution in [3.8, 4) is 0 Å². The van der Waals surface area contributed by atoms with Crippen LogP contribution in [0, 0.1) is 5.92 Å². The Kier molecular flexibility index (Phi) is 8.56. The molecule has 1 N–H and O–H groups in total. The summed E-state index contributed by atoms with van der Waals surface area (Å²) >= 11 is 0. The molecule has 1 rings (SSSR count). The Labute approximate surface area is 125 Å². The van der Waals surface area contributed by atoms with Gasteiger partial charge in [0.05, 0.1) is 0 Å². The Morgan fingerprint density at radius 1 is 0.900 bits per heavy atom. The van der Waals surface area contributed by atoms with Crippen molar-refractivity contribution in [1.82, 2.24) is 10.2 Å². The van der Waals surface area contributed by atoms with Crippen LogP contribution in [0.4, 0.5) is 0 Å². The highest BCUT2D eigenvalue weighted by molar-refractivity contribution is 5.22. The van der Waals surface area contributed by atoms with E-state index in [1.165, 1.54) is 24.0 Å². The number of rotatable bonds is 10. The molecule has 2 heteroatoms. The van der Waals surface area contributed by atoms with Crippen LogP contribution in [0.1, 0.15) is 51.7 Å². The van der Waals surface area contributed by atoms with E-state index in [4.69, 9.17) is 0 Å². The number of hydrogen-bond acceptors (Lipinski definition) is 2. The summed E-state index contributed by atoms with van der Waals surface area (Å²) in [6.45, 7) is 14.4. The van der Waals surface area contributed by atoms with E-state index in [0.717, 1.165) is 38.6 Å². The molecule has 0 saturated heterocycles. The molecule has 0 aliphatic carbocycles. The highest BCUT2D eigenvalue weighted by Gasteiger charge is 2.03. The van der Waals surface area contributed by atoms with E-state index in [9.17, 15) is 0 Å². The predicted octanol–water partition coefficient (Wildman–Crippen LogP) is 4.05. The lowest BCUT2D eigenvalue weighted by molar-refractivity contribution is 0.296. The molecule has 2 nitrogen and oxygen atoms in total. The number of benzene rings is 1. The third-order valence-corrected chi connectivity index (χ3v) is 4.24. The van der Waals surface area contributed by atoms with Crippen molar-refractivity contribution >= 4 is 0 Å². The molecule has 0 atom stereocenters. The molecule has 0 heterocycles. The standard InChI is InChI=1S/C18H32N2/c1-5-16(6-2)13-19-14-17-9-11-18(12-10-17)15-20(7-3)8-4/h9-12,16,19H,5-8,13-15H2,1-4H3. The van der Waals surface area contributed by atoms with E-state index in [-0.39, 0.29) is 0 Å². The third kappa shape index (κ3) is 6.06. The van der Waals surface area contributed by atoms with E-state index in [0.29, 0.717) is 0 Å². The maximum absolute atomic E-state index is 3.58. The topological polar surface area (TPSA) is 15.3 Å². The molecule has 0 amide bonds. The van der Waals surface area contributed by atoms with Gasteiger partial charge in [-0.15, -0.1) is 0 Å². The first-order valence-corrected chi connectivity index (χ1v) is 8.24. The van der Waals surface area contributed by atoms with Gasteiger partial charge in [-0.25, -0.2) is 0 Å². The monoisotopic (exact) mass is 276 g/mol. The van der Waals surface area contributed by atoms with Crippen molar-refractivity contribution in [1.29, 1.82) is 0 Å². The van der Waals surface area contributed by atoms with E-state index in [2.05, 4.69) is 62.2 Å². The van der Waals surface area contributed by atoms with Crippen molar-refractivity contribution in [2.75, 3.05) is 19.6 Å². The zero-order chi connectivity index (χ0) is 14.8. The quantitative estimate of drug-likeness (QED) is 0.693. The smallest absolute Gasteiger partial charge is 0.0233 e. The molecule has 0 fully saturated rings. The lowest BCUT2D eigenvalue weighted by atomic mass is 10.0. The first-order chi connectivity index (χ1) is 9.73. The zero-order valence-electron chi connectivity index (χ0n) is 13.8. The molecule has 0 aliphatic heterocycles. The number of hydrogen-bond donors (Lipinski definition) is 1. The van der Waals surface area contributed by atoms with Gasteiger partial charge in [-0.3, -0.25) is 4.90 Å². The fourth-order valence-corrected chi connectivity index (χ4v) is 2.47. The maximum Gasteiger partial charge on any atom is 0.0233 e. The second-order valence-corrected chi connectivity index (χ2v) is 5.59. The molecule has 20 heavy (non-hydrogen) atoms. The van der Waals surface area contributed by atoms with E-state index in [1.54, 1.807) is 0 Å². The summed E-state index contributed by atoms with van der Waals surface area (Å²) in [5, 5.41) is 3.58. The van der Waals surface area contributed by atoms with Crippen LogP contribution in [0.2, 0.25) is 0 Å². The van der Waals surface area contributed by atoms with Gasteiger partial charge >= 0.3 is 0 Å². The van der Waals surface area contributed by atoms with E-state index >= 15 is 0 Å². The average molecular weight is 276 g/mol. The summed E-state index contributed by atoms with van der Waals surface area (Å²) in [5.74, 6) is 0.817. The second-order valence-electron chi connectivity index (χ2n) is 5.59. The summed E-state index contributed by atoms with van der Waals surface area (Å²) in [5.41, 5.74) is 2.80. The Bertz CT molecular complexity index is 337. The molecule has 0 bridgehead atoms. The lowest BCUT2D eigenvalue weighted by Gasteiger charge is -2.18. The molecule has 1 aromatic rings. The number of nitrogens with one attached hydrogen (secondary N) is 1. The SMILES string of the molecule is CCC(CC)CNCc1ccc(CN(CC)CC)cc1. The molecular weight excluding hydrogens is 244 g/mol. The van der Waals surface area contributed by atoms with Crippen LogP contribution >= 0.6 is 0 Å². The van der Waals surface area contributed by atoms with Gasteiger partial charge in [-0.1, -0.05) is 64.8 Å². The van der Waals surface area contributed by atoms with Crippen molar-refractivity contribution in [3.05, 3.63) is 35.4 Å². The summed E-state index contributed by atoms with van der Waals surface area (Å²) in [6.07, 6.45) is 2.54. The summed E-state index contributed by atoms with van der Waals surface area (Å²) in [7, 11) is 0. The van der Waals surface area contributed by atoms with Gasteiger partial charge in [-0.2, -0.15) is 0 Å². The van der Waals surface area contributed by atoms with Crippen LogP contribution in [0.15, 0.2) is 24.3 Å². The minimum Gasteiger partial charge on any atom is -0.312 e. The van der Waals surface area contributed by atoms with E-state index < -0.39 is 0 Å². The van der Waals surface area contributed by atoms with Crippen LogP contribution in [0.5, 0.6) is 0 Å². The van der Waals surface area contributed by atoms with Crippen LogP contribution < -0.4 is 5.32 Å². The first-order valence-electron chi connectivity index (χ1n) is 8.24. The largest absolute Gasteiger partial charge is 0.312 e. The van der Waals surface area contributed by atoms with E-state index in [1.807, 2.05) is 0 Å². The summed E-state index contributed by atoms with van der Waals surface area (Å²) < 4.78 is 0. The van der Waals surface area contributed by atoms with Gasteiger partial charge in [0.2, 0.25) is 0 Å². The highest BCUT2D eigenvalue weighted by atomic mass is 15.1. The van der Waals surface area contributed by atoms with Crippen LogP contribution in [-0.4, -0.2) is 24.5 Å². The predicted molar refractivity (Wildman–Crippen MR) is 88.8 cm³/mol. The molecule has 0 aromatic heterocycles. The molecular formula is C18H32N2. The molecule has 0 spiro atoms. The van der Waals surface area contributed by atoms with Gasteiger partial charge in [-0.05, 0) is 36.7 Å². The molecule has 1 aromatic carbocycles. The first kappa shape index (κ1) is 17.2. The average Bonchev–Trinajstić information content (AvgIpc) is 2.50. The Balaban J connectivity index is 2.38. The zero-order valence-corrected chi connectivity index (χ0v) is 13.8. The fourth-order valence-electron chi connectivity index (χ4n) is 2.47. The van der Waals surface area contributed by atoms with Crippen molar-refractivity contribution in [2.24, 2.45) is 5.92 Å². The van der Waals surface area contributed by atoms with Crippen molar-refractivity contribution in [3.63, 3.8) is 0 Å². The van der Waals surface area contributed by atoms with Crippen LogP contribution in [0.25, 0.3) is 0 Å². The van der Waals surface area contributed by atoms with Gasteiger partial charge in [0.25, 0.3) is 0 Å². The van der Waals surface area contributed by atoms with Crippen LogP contribution in [-0.2, 0) is 13.1 Å². The van der Waals surface area contributed by atoms with Crippen LogP contribution in [0.3, 0.4) is 0 Å². The third-order valence-electron chi connectivity index (χ3n) is 4.24. The molecule has 0 saturated carbocycles. The maximum atomic E-state index is 3.58. The van der Waals surface area contributed by atoms with Gasteiger partial charge in [0.15, 0.2) is 0 Å². The molecule has 114 valence electrons. The molecule has 0 radical (unpaired) electrons. The number of nitrogens with zero attached hydrogens (tertiary/aromatic N) is 1. The molecule has 0 aliphatic rings. The second kappa shape index (κ2) is 9.95. The van der Waals surface area contributed by atoms with Crippen molar-refractivity contribution < 1.29 is 0 Å². The Morgan fingerprint density at radius 2 is 1.45 bits per heavy atom. The summed E-state index contributed by atoms with van der Waals surface area (Å²) in [6, 6.07) is 9.07. The van der Waals surface area contributed by atoms with Gasteiger partial charge in [0, 0.05) is 13.1 Å². The minimum atomic E-state index is 0.817. The molecule has 0 unspecified atom stereocenters. The van der Waals surface area contributed by atoms with Gasteiger partial charge in [0.1, 0.15) is 0 Å². The minimum absolute atomic E-state index is 0.817. The van der Waals surface area contributed by atoms with Crippen molar-refractivity contribution in [2.45, 2.75) is 53.6 Å². The fraction of sp³-hybridized carbons (Fsp3) is 0.667.